The van der Waals surface area contributed by atoms with Crippen molar-refractivity contribution in [3.8, 4) is 11.5 Å². The van der Waals surface area contributed by atoms with Crippen LogP contribution >= 0.6 is 0 Å². The first-order valence-electron chi connectivity index (χ1n) is 6.72. The summed E-state index contributed by atoms with van der Waals surface area (Å²) < 4.78 is 13.0. The average Bonchev–Trinajstić information content (AvgIpc) is 3.17. The molecule has 0 spiro atoms. The molecule has 20 heavy (non-hydrogen) atoms. The average molecular weight is 270 g/mol. The quantitative estimate of drug-likeness (QED) is 0.715. The van der Waals surface area contributed by atoms with Gasteiger partial charge in [-0.2, -0.15) is 0 Å². The molecule has 0 radical (unpaired) electrons. The zero-order chi connectivity index (χ0) is 13.4. The summed E-state index contributed by atoms with van der Waals surface area (Å²) in [5.41, 5.74) is 2.39. The van der Waals surface area contributed by atoms with Gasteiger partial charge in [0, 0.05) is 19.3 Å². The van der Waals surface area contributed by atoms with Gasteiger partial charge in [0.05, 0.1) is 12.6 Å². The van der Waals surface area contributed by atoms with Crippen molar-refractivity contribution in [1.82, 2.24) is 19.5 Å². The largest absolute Gasteiger partial charge is 0.463 e. The molecule has 3 aromatic heterocycles. The standard InChI is InChI=1S/C14H14N4O2/c1-2-11(20-5-1)12-13-14(16-8-15-12)18(9-17-13)10-3-6-19-7-4-10/h1-2,5,8-10H,3-4,6-7H2. The number of ether oxygens (including phenoxy) is 1. The van der Waals surface area contributed by atoms with Crippen LogP contribution in [0.25, 0.3) is 22.6 Å². The topological polar surface area (TPSA) is 66.0 Å². The van der Waals surface area contributed by atoms with Crippen LogP contribution in [0.5, 0.6) is 0 Å². The molecule has 4 rings (SSSR count). The Hall–Kier alpha value is -2.21. The predicted octanol–water partition coefficient (Wildman–Crippen LogP) is 2.44. The number of rotatable bonds is 2. The number of hydrogen-bond donors (Lipinski definition) is 0. The Morgan fingerprint density at radius 1 is 1.15 bits per heavy atom. The number of fused-ring (bicyclic) bond motifs is 1. The second-order valence-corrected chi connectivity index (χ2v) is 4.87. The minimum absolute atomic E-state index is 0.396. The molecule has 1 fully saturated rings. The molecule has 1 saturated heterocycles. The summed E-state index contributed by atoms with van der Waals surface area (Å²) in [4.78, 5) is 13.2. The smallest absolute Gasteiger partial charge is 0.164 e. The van der Waals surface area contributed by atoms with E-state index in [4.69, 9.17) is 9.15 Å². The molecular formula is C14H14N4O2. The van der Waals surface area contributed by atoms with Crippen molar-refractivity contribution < 1.29 is 9.15 Å². The molecule has 0 aliphatic carbocycles. The maximum atomic E-state index is 5.42. The molecule has 0 aromatic carbocycles. The minimum atomic E-state index is 0.396. The van der Waals surface area contributed by atoms with Gasteiger partial charge >= 0.3 is 0 Å². The van der Waals surface area contributed by atoms with Gasteiger partial charge in [0.1, 0.15) is 17.5 Å². The van der Waals surface area contributed by atoms with Crippen molar-refractivity contribution in [2.75, 3.05) is 13.2 Å². The Morgan fingerprint density at radius 2 is 2.05 bits per heavy atom. The van der Waals surface area contributed by atoms with E-state index < -0.39 is 0 Å². The van der Waals surface area contributed by atoms with Crippen LogP contribution in [0.4, 0.5) is 0 Å². The van der Waals surface area contributed by atoms with Crippen molar-refractivity contribution >= 4 is 11.2 Å². The van der Waals surface area contributed by atoms with E-state index in [-0.39, 0.29) is 0 Å². The summed E-state index contributed by atoms with van der Waals surface area (Å²) in [6.45, 7) is 1.58. The molecule has 102 valence electrons. The van der Waals surface area contributed by atoms with Crippen molar-refractivity contribution in [2.45, 2.75) is 18.9 Å². The van der Waals surface area contributed by atoms with Crippen LogP contribution in [-0.4, -0.2) is 32.7 Å². The third-order valence-electron chi connectivity index (χ3n) is 3.70. The molecule has 0 N–H and O–H groups in total. The highest BCUT2D eigenvalue weighted by molar-refractivity contribution is 5.85. The third-order valence-corrected chi connectivity index (χ3v) is 3.70. The first-order chi connectivity index (χ1) is 9.93. The first-order valence-corrected chi connectivity index (χ1v) is 6.72. The normalized spacial score (nSPS) is 16.8. The summed E-state index contributed by atoms with van der Waals surface area (Å²) in [6, 6.07) is 4.13. The molecular weight excluding hydrogens is 256 g/mol. The molecule has 6 heteroatoms. The van der Waals surface area contributed by atoms with Crippen LogP contribution in [0.1, 0.15) is 18.9 Å². The van der Waals surface area contributed by atoms with E-state index in [0.717, 1.165) is 48.7 Å². The number of aromatic nitrogens is 4. The Kier molecular flexibility index (Phi) is 2.74. The molecule has 0 saturated carbocycles. The summed E-state index contributed by atoms with van der Waals surface area (Å²) in [6.07, 6.45) is 7.04. The van der Waals surface area contributed by atoms with E-state index >= 15 is 0 Å². The second-order valence-electron chi connectivity index (χ2n) is 4.87. The van der Waals surface area contributed by atoms with E-state index in [9.17, 15) is 0 Å². The maximum Gasteiger partial charge on any atom is 0.164 e. The fraction of sp³-hybridized carbons (Fsp3) is 0.357. The first kappa shape index (κ1) is 11.6. The monoisotopic (exact) mass is 270 g/mol. The van der Waals surface area contributed by atoms with Crippen LogP contribution in [0.15, 0.2) is 35.5 Å². The molecule has 1 aliphatic heterocycles. The van der Waals surface area contributed by atoms with Gasteiger partial charge in [0.25, 0.3) is 0 Å². The van der Waals surface area contributed by atoms with Gasteiger partial charge in [-0.15, -0.1) is 0 Å². The molecule has 3 aromatic rings. The van der Waals surface area contributed by atoms with Crippen molar-refractivity contribution in [1.29, 1.82) is 0 Å². The maximum absolute atomic E-state index is 5.42. The van der Waals surface area contributed by atoms with Gasteiger partial charge in [0.2, 0.25) is 0 Å². The van der Waals surface area contributed by atoms with Crippen LogP contribution in [0.3, 0.4) is 0 Å². The SMILES string of the molecule is c1coc(-c2ncnc3c2ncn3C2CCOCC2)c1. The van der Waals surface area contributed by atoms with Crippen LogP contribution in [0.2, 0.25) is 0 Å². The van der Waals surface area contributed by atoms with E-state index in [2.05, 4.69) is 19.5 Å². The molecule has 0 bridgehead atoms. The van der Waals surface area contributed by atoms with Crippen LogP contribution in [0, 0.1) is 0 Å². The van der Waals surface area contributed by atoms with Crippen molar-refractivity contribution in [2.24, 2.45) is 0 Å². The Morgan fingerprint density at radius 3 is 2.85 bits per heavy atom. The van der Waals surface area contributed by atoms with Gasteiger partial charge in [-0.25, -0.2) is 15.0 Å². The zero-order valence-corrected chi connectivity index (χ0v) is 10.9. The molecule has 0 unspecified atom stereocenters. The predicted molar refractivity (Wildman–Crippen MR) is 72.1 cm³/mol. The van der Waals surface area contributed by atoms with Crippen molar-refractivity contribution in [3.05, 3.63) is 31.1 Å². The highest BCUT2D eigenvalue weighted by Gasteiger charge is 2.20. The fourth-order valence-corrected chi connectivity index (χ4v) is 2.68. The highest BCUT2D eigenvalue weighted by atomic mass is 16.5. The van der Waals surface area contributed by atoms with Gasteiger partial charge in [-0.1, -0.05) is 0 Å². The Bertz CT molecular complexity index is 714. The van der Waals surface area contributed by atoms with E-state index in [1.54, 1.807) is 12.6 Å². The molecule has 0 atom stereocenters. The molecule has 0 amide bonds. The fourth-order valence-electron chi connectivity index (χ4n) is 2.68. The number of hydrogen-bond acceptors (Lipinski definition) is 5. The van der Waals surface area contributed by atoms with Crippen molar-refractivity contribution in [3.63, 3.8) is 0 Å². The number of imidazole rings is 1. The Balaban J connectivity index is 1.83. The van der Waals surface area contributed by atoms with E-state index in [0.29, 0.717) is 6.04 Å². The summed E-state index contributed by atoms with van der Waals surface area (Å²) >= 11 is 0. The second kappa shape index (κ2) is 4.72. The lowest BCUT2D eigenvalue weighted by molar-refractivity contribution is 0.0704. The summed E-state index contributed by atoms with van der Waals surface area (Å²) in [5.74, 6) is 0.717. The molecule has 6 nitrogen and oxygen atoms in total. The minimum Gasteiger partial charge on any atom is -0.463 e. The lowest BCUT2D eigenvalue weighted by atomic mass is 10.1. The van der Waals surface area contributed by atoms with Gasteiger partial charge in [-0.05, 0) is 25.0 Å². The number of furan rings is 1. The van der Waals surface area contributed by atoms with E-state index in [1.165, 1.54) is 0 Å². The van der Waals surface area contributed by atoms with Gasteiger partial charge in [-0.3, -0.25) is 0 Å². The van der Waals surface area contributed by atoms with Gasteiger partial charge in [0.15, 0.2) is 11.4 Å². The van der Waals surface area contributed by atoms with Crippen LogP contribution < -0.4 is 0 Å². The Labute approximate surface area is 115 Å². The third kappa shape index (κ3) is 1.80. The lowest BCUT2D eigenvalue weighted by Crippen LogP contribution is -2.19. The molecule has 1 aliphatic rings. The molecule has 4 heterocycles. The zero-order valence-electron chi connectivity index (χ0n) is 10.9. The lowest BCUT2D eigenvalue weighted by Gasteiger charge is -2.23. The highest BCUT2D eigenvalue weighted by Crippen LogP contribution is 2.28. The summed E-state index contributed by atoms with van der Waals surface area (Å²) in [7, 11) is 0. The number of nitrogens with zero attached hydrogens (tertiary/aromatic N) is 4. The van der Waals surface area contributed by atoms with Crippen LogP contribution in [-0.2, 0) is 4.74 Å². The summed E-state index contributed by atoms with van der Waals surface area (Å²) in [5, 5.41) is 0. The van der Waals surface area contributed by atoms with E-state index in [1.807, 2.05) is 18.5 Å². The van der Waals surface area contributed by atoms with Gasteiger partial charge < -0.3 is 13.7 Å².